The summed E-state index contributed by atoms with van der Waals surface area (Å²) in [6, 6.07) is 3.57. The van der Waals surface area contributed by atoms with Gasteiger partial charge in [0.05, 0.1) is 6.54 Å². The number of nitrogen functional groups attached to an aromatic ring is 1. The van der Waals surface area contributed by atoms with Crippen LogP contribution in [0.25, 0.3) is 0 Å². The summed E-state index contributed by atoms with van der Waals surface area (Å²) in [5, 5.41) is 11.6. The molecule has 1 rings (SSSR count). The van der Waals surface area contributed by atoms with Gasteiger partial charge in [0, 0.05) is 12.5 Å². The van der Waals surface area contributed by atoms with Crippen molar-refractivity contribution in [2.45, 2.75) is 32.2 Å². The van der Waals surface area contributed by atoms with E-state index in [2.05, 4.69) is 5.32 Å². The van der Waals surface area contributed by atoms with Gasteiger partial charge in [-0.2, -0.15) is 0 Å². The molecular weight excluding hydrogens is 208 g/mol. The average molecular weight is 226 g/mol. The predicted molar refractivity (Wildman–Crippen MR) is 60.9 cm³/mol. The van der Waals surface area contributed by atoms with Crippen molar-refractivity contribution in [2.24, 2.45) is 0 Å². The molecule has 0 aliphatic carbocycles. The Balaban J connectivity index is 1.94. The van der Waals surface area contributed by atoms with Gasteiger partial charge in [-0.05, 0) is 25.5 Å². The minimum atomic E-state index is -0.723. The Hall–Kier alpha value is -1.49. The lowest BCUT2D eigenvalue weighted by atomic mass is 10.2. The third-order valence-corrected chi connectivity index (χ3v) is 2.23. The second kappa shape index (κ2) is 6.90. The second-order valence-corrected chi connectivity index (χ2v) is 3.69. The standard InChI is InChI=1S/C11H18N2O3/c12-10-6-5-9(16-10)8-13-7-3-1-2-4-11(14)15/h5-6,13H,1-4,7-8,12H2,(H,14,15). The van der Waals surface area contributed by atoms with Gasteiger partial charge >= 0.3 is 5.97 Å². The molecule has 0 saturated heterocycles. The maximum absolute atomic E-state index is 10.2. The molecule has 0 fully saturated rings. The number of nitrogens with one attached hydrogen (secondary N) is 1. The van der Waals surface area contributed by atoms with E-state index in [9.17, 15) is 4.79 Å². The van der Waals surface area contributed by atoms with E-state index in [1.165, 1.54) is 0 Å². The number of hydrogen-bond acceptors (Lipinski definition) is 4. The van der Waals surface area contributed by atoms with Crippen molar-refractivity contribution in [3.8, 4) is 0 Å². The molecule has 0 saturated carbocycles. The Morgan fingerprint density at radius 1 is 1.38 bits per heavy atom. The van der Waals surface area contributed by atoms with Crippen LogP contribution in [0.15, 0.2) is 16.5 Å². The fraction of sp³-hybridized carbons (Fsp3) is 0.545. The minimum Gasteiger partial charge on any atom is -0.481 e. The first kappa shape index (κ1) is 12.6. The number of nitrogens with two attached hydrogens (primary N) is 1. The number of carboxylic acid groups (broad SMARTS) is 1. The molecule has 0 spiro atoms. The van der Waals surface area contributed by atoms with Gasteiger partial charge in [0.1, 0.15) is 5.76 Å². The average Bonchev–Trinajstić information content (AvgIpc) is 2.62. The van der Waals surface area contributed by atoms with E-state index in [-0.39, 0.29) is 6.42 Å². The van der Waals surface area contributed by atoms with Crippen LogP contribution in [-0.2, 0) is 11.3 Å². The van der Waals surface area contributed by atoms with Crippen LogP contribution in [0.2, 0.25) is 0 Å². The van der Waals surface area contributed by atoms with Gasteiger partial charge in [0.25, 0.3) is 0 Å². The van der Waals surface area contributed by atoms with E-state index in [1.54, 1.807) is 6.07 Å². The van der Waals surface area contributed by atoms with Gasteiger partial charge in [-0.15, -0.1) is 0 Å². The first-order valence-electron chi connectivity index (χ1n) is 5.45. The second-order valence-electron chi connectivity index (χ2n) is 3.69. The molecule has 0 radical (unpaired) electrons. The van der Waals surface area contributed by atoms with Gasteiger partial charge in [-0.25, -0.2) is 0 Å². The van der Waals surface area contributed by atoms with Gasteiger partial charge in [0.2, 0.25) is 0 Å². The Kier molecular flexibility index (Phi) is 5.42. The van der Waals surface area contributed by atoms with Crippen LogP contribution in [0.4, 0.5) is 5.88 Å². The number of anilines is 1. The van der Waals surface area contributed by atoms with Crippen molar-refractivity contribution in [3.63, 3.8) is 0 Å². The number of aliphatic carboxylic acids is 1. The van der Waals surface area contributed by atoms with E-state index in [1.807, 2.05) is 6.07 Å². The van der Waals surface area contributed by atoms with Crippen molar-refractivity contribution >= 4 is 11.9 Å². The lowest BCUT2D eigenvalue weighted by Gasteiger charge is -2.01. The van der Waals surface area contributed by atoms with Crippen molar-refractivity contribution in [1.29, 1.82) is 0 Å². The smallest absolute Gasteiger partial charge is 0.303 e. The molecule has 5 nitrogen and oxygen atoms in total. The zero-order chi connectivity index (χ0) is 11.8. The lowest BCUT2D eigenvalue weighted by molar-refractivity contribution is -0.137. The van der Waals surface area contributed by atoms with Crippen LogP contribution in [0.3, 0.4) is 0 Å². The molecule has 90 valence electrons. The molecule has 0 bridgehead atoms. The number of hydrogen-bond donors (Lipinski definition) is 3. The fourth-order valence-corrected chi connectivity index (χ4v) is 1.40. The number of rotatable bonds is 8. The molecule has 0 aliphatic rings. The molecule has 0 amide bonds. The monoisotopic (exact) mass is 226 g/mol. The first-order chi connectivity index (χ1) is 7.68. The highest BCUT2D eigenvalue weighted by atomic mass is 16.4. The number of carbonyl (C=O) groups is 1. The maximum Gasteiger partial charge on any atom is 0.303 e. The van der Waals surface area contributed by atoms with Crippen molar-refractivity contribution in [3.05, 3.63) is 17.9 Å². The Morgan fingerprint density at radius 3 is 2.81 bits per heavy atom. The van der Waals surface area contributed by atoms with Crippen LogP contribution in [0.1, 0.15) is 31.4 Å². The van der Waals surface area contributed by atoms with Crippen molar-refractivity contribution in [2.75, 3.05) is 12.3 Å². The molecule has 1 heterocycles. The highest BCUT2D eigenvalue weighted by Gasteiger charge is 1.98. The van der Waals surface area contributed by atoms with E-state index < -0.39 is 5.97 Å². The lowest BCUT2D eigenvalue weighted by Crippen LogP contribution is -2.14. The Labute approximate surface area is 94.6 Å². The summed E-state index contributed by atoms with van der Waals surface area (Å²) in [7, 11) is 0. The molecule has 1 aromatic heterocycles. The van der Waals surface area contributed by atoms with Crippen LogP contribution >= 0.6 is 0 Å². The number of furan rings is 1. The van der Waals surface area contributed by atoms with Gasteiger partial charge < -0.3 is 20.6 Å². The Bertz CT molecular complexity index is 323. The van der Waals surface area contributed by atoms with E-state index in [4.69, 9.17) is 15.3 Å². The number of carboxylic acids is 1. The number of unbranched alkanes of at least 4 members (excludes halogenated alkanes) is 2. The normalized spacial score (nSPS) is 10.5. The summed E-state index contributed by atoms with van der Waals surface area (Å²) in [6.07, 6.45) is 2.91. The topological polar surface area (TPSA) is 88.5 Å². The molecular formula is C11H18N2O3. The SMILES string of the molecule is Nc1ccc(CNCCCCCC(=O)O)o1. The van der Waals surface area contributed by atoms with Crippen LogP contribution in [0.5, 0.6) is 0 Å². The summed E-state index contributed by atoms with van der Waals surface area (Å²) in [4.78, 5) is 10.2. The van der Waals surface area contributed by atoms with Crippen LogP contribution in [-0.4, -0.2) is 17.6 Å². The maximum atomic E-state index is 10.2. The summed E-state index contributed by atoms with van der Waals surface area (Å²) >= 11 is 0. The molecule has 1 aromatic rings. The molecule has 0 unspecified atom stereocenters. The zero-order valence-corrected chi connectivity index (χ0v) is 9.24. The molecule has 0 aromatic carbocycles. The summed E-state index contributed by atoms with van der Waals surface area (Å²) in [5.74, 6) is 0.528. The highest BCUT2D eigenvalue weighted by molar-refractivity contribution is 5.66. The van der Waals surface area contributed by atoms with Gasteiger partial charge in [-0.1, -0.05) is 6.42 Å². The van der Waals surface area contributed by atoms with Crippen LogP contribution in [0, 0.1) is 0 Å². The summed E-state index contributed by atoms with van der Waals surface area (Å²) in [6.45, 7) is 1.52. The van der Waals surface area contributed by atoms with Crippen molar-refractivity contribution in [1.82, 2.24) is 5.32 Å². The van der Waals surface area contributed by atoms with E-state index in [0.717, 1.165) is 31.6 Å². The molecule has 0 atom stereocenters. The van der Waals surface area contributed by atoms with Gasteiger partial charge in [-0.3, -0.25) is 4.79 Å². The van der Waals surface area contributed by atoms with Crippen molar-refractivity contribution < 1.29 is 14.3 Å². The largest absolute Gasteiger partial charge is 0.481 e. The Morgan fingerprint density at radius 2 is 2.19 bits per heavy atom. The molecule has 5 heteroatoms. The summed E-state index contributed by atoms with van der Waals surface area (Å²) in [5.41, 5.74) is 5.43. The zero-order valence-electron chi connectivity index (χ0n) is 9.24. The van der Waals surface area contributed by atoms with Gasteiger partial charge in [0.15, 0.2) is 5.88 Å². The predicted octanol–water partition coefficient (Wildman–Crippen LogP) is 1.60. The molecule has 0 aliphatic heterocycles. The first-order valence-corrected chi connectivity index (χ1v) is 5.45. The minimum absolute atomic E-state index is 0.259. The third-order valence-electron chi connectivity index (χ3n) is 2.23. The van der Waals surface area contributed by atoms with E-state index >= 15 is 0 Å². The quantitative estimate of drug-likeness (QED) is 0.586. The molecule has 16 heavy (non-hydrogen) atoms. The van der Waals surface area contributed by atoms with E-state index in [0.29, 0.717) is 12.4 Å². The fourth-order valence-electron chi connectivity index (χ4n) is 1.40. The third kappa shape index (κ3) is 5.41. The highest BCUT2D eigenvalue weighted by Crippen LogP contribution is 2.08. The van der Waals surface area contributed by atoms with Crippen LogP contribution < -0.4 is 11.1 Å². The molecule has 4 N–H and O–H groups in total. The summed E-state index contributed by atoms with van der Waals surface area (Å²) < 4.78 is 5.18.